The molecule has 4 nitrogen and oxygen atoms in total. The van der Waals surface area contributed by atoms with Crippen LogP contribution in [0.5, 0.6) is 0 Å². The Morgan fingerprint density at radius 3 is 1.45 bits per heavy atom. The molecule has 29 heavy (non-hydrogen) atoms. The largest absolute Gasteiger partial charge is 0.438 e. The van der Waals surface area contributed by atoms with Gasteiger partial charge in [-0.3, -0.25) is 4.55 Å². The number of nitrogens with one attached hydrogen (secondary N) is 1. The summed E-state index contributed by atoms with van der Waals surface area (Å²) < 4.78 is 160. The van der Waals surface area contributed by atoms with Gasteiger partial charge in [0.25, 0.3) is 0 Å². The van der Waals surface area contributed by atoms with Crippen LogP contribution < -0.4 is 5.32 Å². The van der Waals surface area contributed by atoms with E-state index in [9.17, 15) is 52.3 Å². The highest BCUT2D eigenvalue weighted by Crippen LogP contribution is 2.58. The number of halogens is 10. The van der Waals surface area contributed by atoms with Crippen LogP contribution in [-0.4, -0.2) is 56.0 Å². The van der Waals surface area contributed by atoms with E-state index in [1.54, 1.807) is 6.92 Å². The Balaban J connectivity index is 0. The minimum atomic E-state index is -7.53. The predicted molar refractivity (Wildman–Crippen MR) is 84.6 cm³/mol. The van der Waals surface area contributed by atoms with Gasteiger partial charge >= 0.3 is 39.1 Å². The van der Waals surface area contributed by atoms with Crippen molar-refractivity contribution in [1.29, 1.82) is 0 Å². The van der Waals surface area contributed by atoms with E-state index < -0.39 is 51.9 Å². The van der Waals surface area contributed by atoms with Crippen LogP contribution in [0.1, 0.15) is 45.4 Å². The standard InChI is InChI=1S/C12H16F10O3S.C2H7N/c1-2-3-4-5-6-7-8(13,14)9(15,16)10(17,18)11(19,20)12(21,22)26(23,24)25;1-3-2/h2-7H2,1H3,(H,23,24,25);3H,1-2H3. The summed E-state index contributed by atoms with van der Waals surface area (Å²) in [5, 5.41) is -4.38. The molecule has 0 aliphatic heterocycles. The smallest absolute Gasteiger partial charge is 0.323 e. The summed E-state index contributed by atoms with van der Waals surface area (Å²) in [5.74, 6) is -27.9. The molecule has 0 saturated carbocycles. The Bertz CT molecular complexity index is 596. The van der Waals surface area contributed by atoms with Gasteiger partial charge in [-0.1, -0.05) is 32.6 Å². The van der Waals surface area contributed by atoms with Crippen molar-refractivity contribution in [2.24, 2.45) is 0 Å². The van der Waals surface area contributed by atoms with Crippen molar-refractivity contribution in [3.63, 3.8) is 0 Å². The van der Waals surface area contributed by atoms with Gasteiger partial charge in [0.1, 0.15) is 0 Å². The Labute approximate surface area is 161 Å². The summed E-state index contributed by atoms with van der Waals surface area (Å²) in [6.07, 6.45) is -1.59. The normalized spacial score (nSPS) is 14.4. The third-order valence-corrected chi connectivity index (χ3v) is 4.44. The number of unbranched alkanes of at least 4 members (excludes halogenated alkanes) is 4. The Morgan fingerprint density at radius 1 is 0.724 bits per heavy atom. The summed E-state index contributed by atoms with van der Waals surface area (Å²) in [4.78, 5) is 0. The maximum Gasteiger partial charge on any atom is 0.438 e. The van der Waals surface area contributed by atoms with Crippen molar-refractivity contribution < 1.29 is 56.9 Å². The van der Waals surface area contributed by atoms with Crippen molar-refractivity contribution in [3.8, 4) is 0 Å². The fourth-order valence-electron chi connectivity index (χ4n) is 1.88. The van der Waals surface area contributed by atoms with Gasteiger partial charge in [-0.05, 0) is 20.5 Å². The third-order valence-electron chi connectivity index (χ3n) is 3.53. The summed E-state index contributed by atoms with van der Waals surface area (Å²) in [6.45, 7) is 1.71. The molecule has 0 rings (SSSR count). The lowest BCUT2D eigenvalue weighted by atomic mass is 9.94. The minimum absolute atomic E-state index is 0.136. The highest BCUT2D eigenvalue weighted by molar-refractivity contribution is 7.87. The van der Waals surface area contributed by atoms with Gasteiger partial charge in [-0.2, -0.15) is 52.3 Å². The zero-order valence-corrected chi connectivity index (χ0v) is 16.5. The van der Waals surface area contributed by atoms with E-state index in [2.05, 4.69) is 5.32 Å². The number of hydrogen-bond donors (Lipinski definition) is 2. The van der Waals surface area contributed by atoms with E-state index in [1.165, 1.54) is 0 Å². The molecule has 0 radical (unpaired) electrons. The van der Waals surface area contributed by atoms with E-state index in [4.69, 9.17) is 4.55 Å². The van der Waals surface area contributed by atoms with Gasteiger partial charge < -0.3 is 5.32 Å². The zero-order valence-electron chi connectivity index (χ0n) is 15.7. The lowest BCUT2D eigenvalue weighted by Gasteiger charge is -2.38. The number of hydrogen-bond acceptors (Lipinski definition) is 3. The lowest BCUT2D eigenvalue weighted by molar-refractivity contribution is -0.390. The van der Waals surface area contributed by atoms with Crippen molar-refractivity contribution in [1.82, 2.24) is 5.32 Å². The van der Waals surface area contributed by atoms with E-state index in [0.717, 1.165) is 0 Å². The van der Waals surface area contributed by atoms with Crippen molar-refractivity contribution in [3.05, 3.63) is 0 Å². The Kier molecular flexibility index (Phi) is 11.0. The van der Waals surface area contributed by atoms with Crippen molar-refractivity contribution >= 4 is 10.1 Å². The second kappa shape index (κ2) is 10.5. The summed E-state index contributed by atoms with van der Waals surface area (Å²) in [5.41, 5.74) is 0. The molecular weight excluding hydrogens is 452 g/mol. The molecule has 0 atom stereocenters. The first-order valence-corrected chi connectivity index (χ1v) is 9.61. The molecule has 2 N–H and O–H groups in total. The first kappa shape index (κ1) is 30.4. The summed E-state index contributed by atoms with van der Waals surface area (Å²) >= 11 is 0. The molecule has 0 aromatic heterocycles. The maximum atomic E-state index is 13.4. The summed E-state index contributed by atoms with van der Waals surface area (Å²) in [6, 6.07) is 0. The van der Waals surface area contributed by atoms with Gasteiger partial charge in [0, 0.05) is 6.42 Å². The van der Waals surface area contributed by atoms with Gasteiger partial charge in [-0.15, -0.1) is 0 Å². The first-order chi connectivity index (χ1) is 12.7. The van der Waals surface area contributed by atoms with Crippen LogP contribution in [0.4, 0.5) is 43.9 Å². The van der Waals surface area contributed by atoms with Crippen LogP contribution in [0.25, 0.3) is 0 Å². The molecule has 0 spiro atoms. The molecular formula is C14H23F10NO3S. The van der Waals surface area contributed by atoms with Crippen LogP contribution in [-0.2, 0) is 10.1 Å². The monoisotopic (exact) mass is 475 g/mol. The molecule has 0 unspecified atom stereocenters. The molecule has 0 saturated heterocycles. The van der Waals surface area contributed by atoms with Gasteiger partial charge in [-0.25, -0.2) is 0 Å². The second-order valence-corrected chi connectivity index (χ2v) is 7.55. The quantitative estimate of drug-likeness (QED) is 0.245. The molecule has 0 bridgehead atoms. The molecule has 0 fully saturated rings. The van der Waals surface area contributed by atoms with Crippen LogP contribution in [0.2, 0.25) is 0 Å². The van der Waals surface area contributed by atoms with E-state index >= 15 is 0 Å². The highest BCUT2D eigenvalue weighted by atomic mass is 32.2. The van der Waals surface area contributed by atoms with Crippen molar-refractivity contribution in [2.45, 2.75) is 74.4 Å². The molecule has 178 valence electrons. The third kappa shape index (κ3) is 6.32. The van der Waals surface area contributed by atoms with Crippen LogP contribution >= 0.6 is 0 Å². The molecule has 0 aromatic rings. The van der Waals surface area contributed by atoms with Gasteiger partial charge in [0.15, 0.2) is 0 Å². The molecule has 0 aliphatic carbocycles. The molecule has 0 aromatic carbocycles. The van der Waals surface area contributed by atoms with Gasteiger partial charge in [0.05, 0.1) is 0 Å². The Morgan fingerprint density at radius 2 is 1.10 bits per heavy atom. The molecule has 0 heterocycles. The number of alkyl halides is 10. The van der Waals surface area contributed by atoms with E-state index in [1.807, 2.05) is 14.1 Å². The zero-order chi connectivity index (χ0) is 23.9. The van der Waals surface area contributed by atoms with Gasteiger partial charge in [0.2, 0.25) is 0 Å². The average molecular weight is 475 g/mol. The van der Waals surface area contributed by atoms with E-state index in [-0.39, 0.29) is 12.8 Å². The fourth-order valence-corrected chi connectivity index (χ4v) is 2.33. The van der Waals surface area contributed by atoms with Crippen molar-refractivity contribution in [2.75, 3.05) is 14.1 Å². The highest BCUT2D eigenvalue weighted by Gasteiger charge is 2.88. The maximum absolute atomic E-state index is 13.4. The SMILES string of the molecule is CCCCCCCC(F)(F)C(F)(F)C(F)(F)C(F)(F)C(F)(F)S(=O)(=O)O.CNC. The minimum Gasteiger partial charge on any atom is -0.323 e. The summed E-state index contributed by atoms with van der Waals surface area (Å²) in [7, 11) is -3.57. The molecule has 0 aliphatic rings. The predicted octanol–water partition coefficient (Wildman–Crippen LogP) is 5.20. The second-order valence-electron chi connectivity index (χ2n) is 6.08. The van der Waals surface area contributed by atoms with Crippen LogP contribution in [0.15, 0.2) is 0 Å². The molecule has 0 amide bonds. The average Bonchev–Trinajstić information content (AvgIpc) is 2.53. The van der Waals surface area contributed by atoms with Crippen LogP contribution in [0.3, 0.4) is 0 Å². The number of rotatable bonds is 11. The first-order valence-electron chi connectivity index (χ1n) is 8.17. The Hall–Kier alpha value is -0.830. The fraction of sp³-hybridized carbons (Fsp3) is 1.00. The topological polar surface area (TPSA) is 66.4 Å². The lowest BCUT2D eigenvalue weighted by Crippen LogP contribution is -2.68. The van der Waals surface area contributed by atoms with Crippen LogP contribution in [0, 0.1) is 0 Å². The molecule has 15 heteroatoms. The van der Waals surface area contributed by atoms with E-state index in [0.29, 0.717) is 12.8 Å².